The molecule has 1 aromatic carbocycles. The molecule has 3 nitrogen and oxygen atoms in total. The van der Waals surface area contributed by atoms with Gasteiger partial charge in [-0.2, -0.15) is 0 Å². The Morgan fingerprint density at radius 3 is 3.00 bits per heavy atom. The lowest BCUT2D eigenvalue weighted by atomic mass is 10.1. The Labute approximate surface area is 101 Å². The van der Waals surface area contributed by atoms with Crippen LogP contribution in [0.15, 0.2) is 28.7 Å². The van der Waals surface area contributed by atoms with E-state index in [1.54, 1.807) is 0 Å². The molecule has 90 valence electrons. The van der Waals surface area contributed by atoms with Gasteiger partial charge >= 0.3 is 0 Å². The Kier molecular flexibility index (Phi) is 2.65. The first kappa shape index (κ1) is 10.8. The molecule has 0 bridgehead atoms. The second-order valence-corrected chi connectivity index (χ2v) is 4.72. The van der Waals surface area contributed by atoms with Gasteiger partial charge in [0.1, 0.15) is 11.3 Å². The van der Waals surface area contributed by atoms with E-state index in [9.17, 15) is 0 Å². The molecule has 1 aliphatic rings. The molecule has 2 heterocycles. The molecule has 3 rings (SSSR count). The van der Waals surface area contributed by atoms with E-state index in [1.165, 1.54) is 0 Å². The first-order valence-electron chi connectivity index (χ1n) is 6.12. The molecule has 0 amide bonds. The molecule has 0 saturated carbocycles. The van der Waals surface area contributed by atoms with E-state index in [0.29, 0.717) is 0 Å². The molecule has 1 aliphatic heterocycles. The Morgan fingerprint density at radius 1 is 1.41 bits per heavy atom. The maximum absolute atomic E-state index is 6.20. The Bertz CT molecular complexity index is 526. The molecule has 3 heteroatoms. The summed E-state index contributed by atoms with van der Waals surface area (Å²) in [5.41, 5.74) is 8.28. The molecule has 2 N–H and O–H groups in total. The van der Waals surface area contributed by atoms with Crippen molar-refractivity contribution in [1.82, 2.24) is 0 Å². The van der Waals surface area contributed by atoms with Gasteiger partial charge in [-0.15, -0.1) is 0 Å². The van der Waals surface area contributed by atoms with Crippen molar-refractivity contribution in [2.45, 2.75) is 31.9 Å². The van der Waals surface area contributed by atoms with E-state index in [0.717, 1.165) is 41.7 Å². The number of hydrogen-bond acceptors (Lipinski definition) is 3. The normalized spacial score (nSPS) is 22.1. The molecule has 0 radical (unpaired) electrons. The zero-order chi connectivity index (χ0) is 11.8. The van der Waals surface area contributed by atoms with Crippen LogP contribution in [0, 0.1) is 6.92 Å². The van der Waals surface area contributed by atoms with Crippen LogP contribution in [-0.2, 0) is 4.74 Å². The molecule has 1 fully saturated rings. The number of para-hydroxylation sites is 1. The van der Waals surface area contributed by atoms with Gasteiger partial charge in [0.2, 0.25) is 0 Å². The fourth-order valence-electron chi connectivity index (χ4n) is 2.46. The summed E-state index contributed by atoms with van der Waals surface area (Å²) in [6, 6.07) is 8.03. The van der Waals surface area contributed by atoms with Crippen molar-refractivity contribution in [3.8, 4) is 0 Å². The zero-order valence-corrected chi connectivity index (χ0v) is 9.98. The highest BCUT2D eigenvalue weighted by atomic mass is 16.5. The van der Waals surface area contributed by atoms with Crippen LogP contribution in [-0.4, -0.2) is 12.7 Å². The van der Waals surface area contributed by atoms with Crippen molar-refractivity contribution in [2.24, 2.45) is 5.73 Å². The van der Waals surface area contributed by atoms with Gasteiger partial charge in [-0.1, -0.05) is 18.2 Å². The predicted molar refractivity (Wildman–Crippen MR) is 66.9 cm³/mol. The monoisotopic (exact) mass is 231 g/mol. The average molecular weight is 231 g/mol. The summed E-state index contributed by atoms with van der Waals surface area (Å²) in [6.07, 6.45) is 2.23. The number of benzene rings is 1. The minimum atomic E-state index is -0.149. The Hall–Kier alpha value is -1.32. The summed E-state index contributed by atoms with van der Waals surface area (Å²) in [5, 5.41) is 1.12. The lowest BCUT2D eigenvalue weighted by molar-refractivity contribution is 0.0843. The molecular formula is C14H17NO2. The van der Waals surface area contributed by atoms with E-state index in [1.807, 2.05) is 25.1 Å². The Morgan fingerprint density at radius 2 is 2.29 bits per heavy atom. The first-order chi connectivity index (χ1) is 8.25. The van der Waals surface area contributed by atoms with Gasteiger partial charge < -0.3 is 14.9 Å². The predicted octanol–water partition coefficient (Wildman–Crippen LogP) is 2.92. The summed E-state index contributed by atoms with van der Waals surface area (Å²) in [7, 11) is 0. The topological polar surface area (TPSA) is 48.4 Å². The van der Waals surface area contributed by atoms with E-state index in [2.05, 4.69) is 6.07 Å². The van der Waals surface area contributed by atoms with E-state index >= 15 is 0 Å². The van der Waals surface area contributed by atoms with Crippen LogP contribution in [0.3, 0.4) is 0 Å². The van der Waals surface area contributed by atoms with Crippen LogP contribution in [0.4, 0.5) is 0 Å². The third kappa shape index (κ3) is 1.85. The molecule has 17 heavy (non-hydrogen) atoms. The number of aryl methyl sites for hydroxylation is 1. The molecule has 2 atom stereocenters. The molecule has 1 saturated heterocycles. The SMILES string of the molecule is Cc1cccc2cc(C(N)C3CCCO3)oc12. The maximum Gasteiger partial charge on any atom is 0.137 e. The minimum absolute atomic E-state index is 0.107. The third-order valence-corrected chi connectivity index (χ3v) is 3.45. The number of hydrogen-bond donors (Lipinski definition) is 1. The molecule has 0 aliphatic carbocycles. The van der Waals surface area contributed by atoms with Gasteiger partial charge in [0, 0.05) is 12.0 Å². The van der Waals surface area contributed by atoms with Crippen LogP contribution in [0.1, 0.15) is 30.2 Å². The number of furan rings is 1. The zero-order valence-electron chi connectivity index (χ0n) is 9.98. The molecule has 1 aromatic heterocycles. The maximum atomic E-state index is 6.20. The Balaban J connectivity index is 1.97. The second-order valence-electron chi connectivity index (χ2n) is 4.72. The highest BCUT2D eigenvalue weighted by Crippen LogP contribution is 2.30. The van der Waals surface area contributed by atoms with Gasteiger partial charge in [0.05, 0.1) is 12.1 Å². The number of nitrogens with two attached hydrogens (primary N) is 1. The highest BCUT2D eigenvalue weighted by Gasteiger charge is 2.26. The molecule has 0 spiro atoms. The highest BCUT2D eigenvalue weighted by molar-refractivity contribution is 5.81. The van der Waals surface area contributed by atoms with E-state index in [-0.39, 0.29) is 12.1 Å². The summed E-state index contributed by atoms with van der Waals surface area (Å²) in [6.45, 7) is 2.87. The quantitative estimate of drug-likeness (QED) is 0.864. The van der Waals surface area contributed by atoms with Gasteiger partial charge in [-0.3, -0.25) is 0 Å². The van der Waals surface area contributed by atoms with Gasteiger partial charge in [0.25, 0.3) is 0 Å². The fraction of sp³-hybridized carbons (Fsp3) is 0.429. The molecular weight excluding hydrogens is 214 g/mol. The molecule has 2 aromatic rings. The van der Waals surface area contributed by atoms with Crippen molar-refractivity contribution < 1.29 is 9.15 Å². The van der Waals surface area contributed by atoms with Crippen LogP contribution >= 0.6 is 0 Å². The van der Waals surface area contributed by atoms with Gasteiger partial charge in [-0.25, -0.2) is 0 Å². The van der Waals surface area contributed by atoms with Gasteiger partial charge in [-0.05, 0) is 31.4 Å². The fourth-order valence-corrected chi connectivity index (χ4v) is 2.46. The minimum Gasteiger partial charge on any atom is -0.459 e. The van der Waals surface area contributed by atoms with Crippen LogP contribution in [0.2, 0.25) is 0 Å². The number of fused-ring (bicyclic) bond motifs is 1. The van der Waals surface area contributed by atoms with Gasteiger partial charge in [0.15, 0.2) is 0 Å². The number of ether oxygens (including phenoxy) is 1. The lowest BCUT2D eigenvalue weighted by Crippen LogP contribution is -2.24. The van der Waals surface area contributed by atoms with Crippen molar-refractivity contribution >= 4 is 11.0 Å². The van der Waals surface area contributed by atoms with Crippen molar-refractivity contribution in [2.75, 3.05) is 6.61 Å². The standard InChI is InChI=1S/C14H17NO2/c1-9-4-2-5-10-8-12(17-14(9)10)13(15)11-6-3-7-16-11/h2,4-5,8,11,13H,3,6-7,15H2,1H3. The summed E-state index contributed by atoms with van der Waals surface area (Å²) >= 11 is 0. The smallest absolute Gasteiger partial charge is 0.137 e. The van der Waals surface area contributed by atoms with Crippen LogP contribution in [0.25, 0.3) is 11.0 Å². The number of rotatable bonds is 2. The summed E-state index contributed by atoms with van der Waals surface area (Å²) in [5.74, 6) is 0.834. The van der Waals surface area contributed by atoms with Crippen molar-refractivity contribution in [3.05, 3.63) is 35.6 Å². The first-order valence-corrected chi connectivity index (χ1v) is 6.12. The summed E-state index contributed by atoms with van der Waals surface area (Å²) < 4.78 is 11.5. The third-order valence-electron chi connectivity index (χ3n) is 3.45. The van der Waals surface area contributed by atoms with E-state index in [4.69, 9.17) is 14.9 Å². The van der Waals surface area contributed by atoms with Crippen molar-refractivity contribution in [3.63, 3.8) is 0 Å². The lowest BCUT2D eigenvalue weighted by Gasteiger charge is -2.15. The molecule has 2 unspecified atom stereocenters. The average Bonchev–Trinajstić information content (AvgIpc) is 2.98. The van der Waals surface area contributed by atoms with Crippen LogP contribution < -0.4 is 5.73 Å². The summed E-state index contributed by atoms with van der Waals surface area (Å²) in [4.78, 5) is 0. The largest absolute Gasteiger partial charge is 0.459 e. The second kappa shape index (κ2) is 4.17. The van der Waals surface area contributed by atoms with E-state index < -0.39 is 0 Å². The van der Waals surface area contributed by atoms with Crippen LogP contribution in [0.5, 0.6) is 0 Å². The van der Waals surface area contributed by atoms with Crippen molar-refractivity contribution in [1.29, 1.82) is 0 Å².